The Morgan fingerprint density at radius 2 is 1.17 bits per heavy atom. The molecule has 0 bridgehead atoms. The van der Waals surface area contributed by atoms with Gasteiger partial charge in [-0.05, 0) is 12.8 Å². The van der Waals surface area contributed by atoms with E-state index in [4.69, 9.17) is 13.3 Å². The molecule has 0 aromatic carbocycles. The molecule has 0 aromatic heterocycles. The lowest BCUT2D eigenvalue weighted by Crippen LogP contribution is -2.49. The molecule has 0 saturated heterocycles. The highest BCUT2D eigenvalue weighted by atomic mass is 28.4. The third kappa shape index (κ3) is 11.6. The Morgan fingerprint density at radius 1 is 0.783 bits per heavy atom. The van der Waals surface area contributed by atoms with Crippen molar-refractivity contribution in [2.75, 3.05) is 0 Å². The van der Waals surface area contributed by atoms with Gasteiger partial charge in [0.2, 0.25) is 0 Å². The molecule has 0 fully saturated rings. The van der Waals surface area contributed by atoms with Gasteiger partial charge in [-0.2, -0.15) is 13.2 Å². The molecule has 23 heavy (non-hydrogen) atoms. The zero-order valence-electron chi connectivity index (χ0n) is 13.3. The lowest BCUT2D eigenvalue weighted by molar-refractivity contribution is -0.148. The maximum Gasteiger partial charge on any atom is 0.705 e. The lowest BCUT2D eigenvalue weighted by atomic mass is 10.1. The second kappa shape index (κ2) is 9.53. The molecule has 0 unspecified atom stereocenters. The Bertz CT molecular complexity index is 384. The monoisotopic (exact) mass is 358 g/mol. The molecule has 0 aliphatic rings. The topological polar surface area (TPSA) is 78.9 Å². The normalized spacial score (nSPS) is 11.7. The maximum absolute atomic E-state index is 12.0. The predicted molar refractivity (Wildman–Crippen MR) is 75.0 cm³/mol. The largest absolute Gasteiger partial charge is 0.705 e. The van der Waals surface area contributed by atoms with Crippen LogP contribution in [0.4, 0.5) is 13.2 Å². The Hall–Kier alpha value is -1.58. The maximum atomic E-state index is 12.0. The van der Waals surface area contributed by atoms with Gasteiger partial charge in [-0.1, -0.05) is 12.8 Å². The fraction of sp³-hybridized carbons (Fsp3) is 0.769. The third-order valence-corrected chi connectivity index (χ3v) is 5.35. The quantitative estimate of drug-likeness (QED) is 0.465. The minimum absolute atomic E-state index is 0.0161. The predicted octanol–water partition coefficient (Wildman–Crippen LogP) is 3.13. The van der Waals surface area contributed by atoms with Crippen molar-refractivity contribution in [1.82, 2.24) is 0 Å². The Morgan fingerprint density at radius 3 is 1.52 bits per heavy atom. The van der Waals surface area contributed by atoms with Crippen molar-refractivity contribution in [3.05, 3.63) is 0 Å². The molecule has 0 spiro atoms. The van der Waals surface area contributed by atoms with Gasteiger partial charge in [0.1, 0.15) is 0 Å². The van der Waals surface area contributed by atoms with Crippen molar-refractivity contribution in [2.45, 2.75) is 65.1 Å². The van der Waals surface area contributed by atoms with Gasteiger partial charge in [-0.15, -0.1) is 0 Å². The number of halogens is 3. The van der Waals surface area contributed by atoms with Crippen LogP contribution < -0.4 is 0 Å². The van der Waals surface area contributed by atoms with Crippen LogP contribution in [0, 0.1) is 0 Å². The summed E-state index contributed by atoms with van der Waals surface area (Å²) in [5, 5.41) is 0. The van der Waals surface area contributed by atoms with Gasteiger partial charge < -0.3 is 13.3 Å². The molecule has 0 amide bonds. The van der Waals surface area contributed by atoms with E-state index in [1.165, 1.54) is 0 Å². The summed E-state index contributed by atoms with van der Waals surface area (Å²) in [6.45, 7) is 3.24. The van der Waals surface area contributed by atoms with Crippen molar-refractivity contribution < 1.29 is 40.8 Å². The molecule has 0 radical (unpaired) electrons. The molecule has 6 nitrogen and oxygen atoms in total. The third-order valence-electron chi connectivity index (χ3n) is 2.59. The van der Waals surface area contributed by atoms with Crippen LogP contribution in [-0.4, -0.2) is 32.9 Å². The molecule has 0 atom stereocenters. The molecule has 10 heteroatoms. The Balaban J connectivity index is 4.58. The first kappa shape index (κ1) is 21.4. The van der Waals surface area contributed by atoms with Crippen LogP contribution in [0.3, 0.4) is 0 Å². The number of carbonyl (C=O) groups excluding carboxylic acids is 3. The number of hydrogen-bond acceptors (Lipinski definition) is 6. The van der Waals surface area contributed by atoms with Gasteiger partial charge in [0.15, 0.2) is 0 Å². The van der Waals surface area contributed by atoms with Crippen molar-refractivity contribution in [2.24, 2.45) is 0 Å². The van der Waals surface area contributed by atoms with E-state index in [2.05, 4.69) is 0 Å². The first-order valence-electron chi connectivity index (χ1n) is 7.11. The number of alkyl halides is 3. The minimum atomic E-state index is -4.19. The zero-order valence-corrected chi connectivity index (χ0v) is 14.3. The summed E-state index contributed by atoms with van der Waals surface area (Å²) >= 11 is 0. The summed E-state index contributed by atoms with van der Waals surface area (Å²) in [5.41, 5.74) is 0. The number of hydrogen-bond donors (Lipinski definition) is 0. The van der Waals surface area contributed by atoms with Crippen LogP contribution in [0.15, 0.2) is 0 Å². The Labute approximate surface area is 133 Å². The van der Waals surface area contributed by atoms with E-state index in [1.807, 2.05) is 0 Å². The lowest BCUT2D eigenvalue weighted by Gasteiger charge is -2.26. The number of carbonyl (C=O) groups is 3. The molecule has 0 aromatic rings. The molecule has 0 heterocycles. The molecule has 0 rings (SSSR count). The summed E-state index contributed by atoms with van der Waals surface area (Å²) in [5.74, 6) is -2.30. The standard InChI is InChI=1S/C13H21F3O6Si/c1-10(17)20-23(21-11(2)18,22-12(3)19)9-7-5-4-6-8-13(14,15)16/h4-9H2,1-3H3. The van der Waals surface area contributed by atoms with Crippen LogP contribution in [0.1, 0.15) is 52.9 Å². The van der Waals surface area contributed by atoms with E-state index in [9.17, 15) is 27.6 Å². The van der Waals surface area contributed by atoms with Gasteiger partial charge in [-0.25, -0.2) is 0 Å². The van der Waals surface area contributed by atoms with Crippen molar-refractivity contribution in [1.29, 1.82) is 0 Å². The molecular formula is C13H21F3O6Si. The molecule has 0 N–H and O–H groups in total. The molecule has 134 valence electrons. The average molecular weight is 358 g/mol. The van der Waals surface area contributed by atoms with Crippen LogP contribution in [0.25, 0.3) is 0 Å². The second-order valence-electron chi connectivity index (χ2n) is 4.99. The Kier molecular flexibility index (Phi) is 8.88. The molecule has 0 saturated carbocycles. The van der Waals surface area contributed by atoms with Gasteiger partial charge in [0.05, 0.1) is 6.04 Å². The van der Waals surface area contributed by atoms with E-state index < -0.39 is 39.3 Å². The first-order valence-corrected chi connectivity index (χ1v) is 9.04. The smallest absolute Gasteiger partial charge is 0.455 e. The first-order chi connectivity index (χ1) is 10.5. The fourth-order valence-corrected chi connectivity index (χ4v) is 4.32. The summed E-state index contributed by atoms with van der Waals surface area (Å²) in [4.78, 5) is 33.5. The van der Waals surface area contributed by atoms with Crippen LogP contribution in [-0.2, 0) is 27.7 Å². The summed E-state index contributed by atoms with van der Waals surface area (Å²) in [7, 11) is -3.85. The van der Waals surface area contributed by atoms with E-state index in [0.29, 0.717) is 19.3 Å². The molecule has 0 aliphatic carbocycles. The average Bonchev–Trinajstić information content (AvgIpc) is 2.29. The summed E-state index contributed by atoms with van der Waals surface area (Å²) < 4.78 is 50.9. The van der Waals surface area contributed by atoms with Crippen molar-refractivity contribution in [3.8, 4) is 0 Å². The van der Waals surface area contributed by atoms with Gasteiger partial charge in [0, 0.05) is 27.2 Å². The van der Waals surface area contributed by atoms with Crippen LogP contribution in [0.5, 0.6) is 0 Å². The van der Waals surface area contributed by atoms with Gasteiger partial charge >= 0.3 is 15.0 Å². The van der Waals surface area contributed by atoms with E-state index in [-0.39, 0.29) is 12.5 Å². The van der Waals surface area contributed by atoms with E-state index >= 15 is 0 Å². The van der Waals surface area contributed by atoms with E-state index in [1.54, 1.807) is 0 Å². The van der Waals surface area contributed by atoms with Crippen LogP contribution >= 0.6 is 0 Å². The van der Waals surface area contributed by atoms with Gasteiger partial charge in [0.25, 0.3) is 17.9 Å². The summed E-state index contributed by atoms with van der Waals surface area (Å²) in [6, 6.07) is -0.0161. The molecular weight excluding hydrogens is 337 g/mol. The highest BCUT2D eigenvalue weighted by molar-refractivity contribution is 6.65. The SMILES string of the molecule is CC(=O)O[Si](CCCCCCC(F)(F)F)(OC(C)=O)OC(C)=O. The number of unbranched alkanes of at least 4 members (excludes halogenated alkanes) is 3. The van der Waals surface area contributed by atoms with Crippen molar-refractivity contribution in [3.63, 3.8) is 0 Å². The number of rotatable bonds is 9. The zero-order chi connectivity index (χ0) is 18.1. The van der Waals surface area contributed by atoms with Gasteiger partial charge in [-0.3, -0.25) is 14.4 Å². The highest BCUT2D eigenvalue weighted by Gasteiger charge is 2.51. The highest BCUT2D eigenvalue weighted by Crippen LogP contribution is 2.25. The van der Waals surface area contributed by atoms with Crippen LogP contribution in [0.2, 0.25) is 6.04 Å². The second-order valence-corrected chi connectivity index (χ2v) is 7.47. The summed E-state index contributed by atoms with van der Waals surface area (Å²) in [6.07, 6.45) is -4.07. The van der Waals surface area contributed by atoms with Crippen molar-refractivity contribution >= 4 is 26.7 Å². The van der Waals surface area contributed by atoms with E-state index in [0.717, 1.165) is 20.8 Å². The molecule has 0 aliphatic heterocycles. The minimum Gasteiger partial charge on any atom is -0.455 e. The fourth-order valence-electron chi connectivity index (χ4n) is 1.89.